The number of pyridine rings is 1. The Hall–Kier alpha value is -1.92. The van der Waals surface area contributed by atoms with E-state index < -0.39 is 12.5 Å². The molecule has 5 nitrogen and oxygen atoms in total. The van der Waals surface area contributed by atoms with Crippen molar-refractivity contribution in [1.82, 2.24) is 9.88 Å². The van der Waals surface area contributed by atoms with Gasteiger partial charge in [-0.3, -0.25) is 4.98 Å². The second kappa shape index (κ2) is 5.16. The van der Waals surface area contributed by atoms with Crippen molar-refractivity contribution in [2.75, 3.05) is 31.1 Å². The summed E-state index contributed by atoms with van der Waals surface area (Å²) in [6.07, 6.45) is -2.10. The number of carboxylic acid groups (broad SMARTS) is 1. The fourth-order valence-electron chi connectivity index (χ4n) is 1.87. The molecule has 0 aliphatic carbocycles. The quantitative estimate of drug-likeness (QED) is 0.878. The van der Waals surface area contributed by atoms with Gasteiger partial charge in [0.15, 0.2) is 0 Å². The normalized spacial score (nSPS) is 16.2. The second-order valence-corrected chi connectivity index (χ2v) is 4.00. The van der Waals surface area contributed by atoms with Crippen molar-refractivity contribution in [1.29, 1.82) is 0 Å². The van der Waals surface area contributed by atoms with Gasteiger partial charge in [-0.1, -0.05) is 0 Å². The van der Waals surface area contributed by atoms with Gasteiger partial charge in [-0.05, 0) is 12.1 Å². The fraction of sp³-hybridized carbons (Fsp3) is 0.455. The molecule has 0 unspecified atom stereocenters. The molecule has 98 valence electrons. The molecule has 0 saturated carbocycles. The molecule has 18 heavy (non-hydrogen) atoms. The maximum atomic E-state index is 12.3. The van der Waals surface area contributed by atoms with Gasteiger partial charge in [0.1, 0.15) is 5.69 Å². The van der Waals surface area contributed by atoms with Gasteiger partial charge in [0.25, 0.3) is 6.43 Å². The molecule has 1 aromatic rings. The van der Waals surface area contributed by atoms with Crippen LogP contribution in [0.15, 0.2) is 18.3 Å². The molecule has 1 amide bonds. The summed E-state index contributed by atoms with van der Waals surface area (Å²) in [5.74, 6) is 0. The van der Waals surface area contributed by atoms with Crippen LogP contribution in [0.5, 0.6) is 0 Å². The lowest BCUT2D eigenvalue weighted by atomic mass is 10.2. The first-order chi connectivity index (χ1) is 8.58. The van der Waals surface area contributed by atoms with Gasteiger partial charge < -0.3 is 14.9 Å². The zero-order chi connectivity index (χ0) is 13.1. The van der Waals surface area contributed by atoms with Crippen molar-refractivity contribution in [3.63, 3.8) is 0 Å². The number of carbonyl (C=O) groups is 1. The van der Waals surface area contributed by atoms with E-state index in [0.29, 0.717) is 26.2 Å². The van der Waals surface area contributed by atoms with Crippen molar-refractivity contribution < 1.29 is 18.7 Å². The smallest absolute Gasteiger partial charge is 0.407 e. The van der Waals surface area contributed by atoms with E-state index >= 15 is 0 Å². The minimum absolute atomic E-state index is 0.247. The third-order valence-electron chi connectivity index (χ3n) is 2.91. The van der Waals surface area contributed by atoms with Crippen molar-refractivity contribution in [3.05, 3.63) is 24.0 Å². The molecule has 1 fully saturated rings. The molecule has 0 spiro atoms. The number of rotatable bonds is 2. The Kier molecular flexibility index (Phi) is 3.59. The SMILES string of the molecule is O=C(O)N1CCN(c2ccc(C(F)F)nc2)CC1. The highest BCUT2D eigenvalue weighted by atomic mass is 19.3. The maximum Gasteiger partial charge on any atom is 0.407 e. The molecular weight excluding hydrogens is 244 g/mol. The number of amides is 1. The van der Waals surface area contributed by atoms with Gasteiger partial charge in [-0.25, -0.2) is 13.6 Å². The van der Waals surface area contributed by atoms with Crippen LogP contribution in [0.1, 0.15) is 12.1 Å². The van der Waals surface area contributed by atoms with Crippen LogP contribution in [0.2, 0.25) is 0 Å². The third kappa shape index (κ3) is 2.66. The van der Waals surface area contributed by atoms with Gasteiger partial charge >= 0.3 is 6.09 Å². The van der Waals surface area contributed by atoms with Crippen LogP contribution in [0, 0.1) is 0 Å². The first-order valence-electron chi connectivity index (χ1n) is 5.55. The lowest BCUT2D eigenvalue weighted by molar-refractivity contribution is 0.142. The molecule has 7 heteroatoms. The van der Waals surface area contributed by atoms with Crippen LogP contribution in [0.3, 0.4) is 0 Å². The number of hydrogen-bond acceptors (Lipinski definition) is 3. The molecule has 0 bridgehead atoms. The van der Waals surface area contributed by atoms with Crippen molar-refractivity contribution in [2.24, 2.45) is 0 Å². The lowest BCUT2D eigenvalue weighted by Crippen LogP contribution is -2.48. The highest BCUT2D eigenvalue weighted by Crippen LogP contribution is 2.20. The molecular formula is C11H13F2N3O2. The van der Waals surface area contributed by atoms with E-state index in [1.54, 1.807) is 6.07 Å². The Balaban J connectivity index is 1.99. The van der Waals surface area contributed by atoms with E-state index in [9.17, 15) is 13.6 Å². The second-order valence-electron chi connectivity index (χ2n) is 4.00. The lowest BCUT2D eigenvalue weighted by Gasteiger charge is -2.34. The van der Waals surface area contributed by atoms with Crippen LogP contribution in [0.4, 0.5) is 19.3 Å². The molecule has 0 aromatic carbocycles. The Morgan fingerprint density at radius 3 is 2.39 bits per heavy atom. The number of hydrogen-bond donors (Lipinski definition) is 1. The summed E-state index contributed by atoms with van der Waals surface area (Å²) >= 11 is 0. The van der Waals surface area contributed by atoms with Crippen molar-refractivity contribution in [2.45, 2.75) is 6.43 Å². The number of halogens is 2. The van der Waals surface area contributed by atoms with Gasteiger partial charge in [0.2, 0.25) is 0 Å². The van der Waals surface area contributed by atoms with E-state index in [-0.39, 0.29) is 5.69 Å². The van der Waals surface area contributed by atoms with Crippen LogP contribution >= 0.6 is 0 Å². The van der Waals surface area contributed by atoms with E-state index in [1.165, 1.54) is 17.2 Å². The van der Waals surface area contributed by atoms with Gasteiger partial charge in [-0.2, -0.15) is 0 Å². The fourth-order valence-corrected chi connectivity index (χ4v) is 1.87. The number of nitrogens with zero attached hydrogens (tertiary/aromatic N) is 3. The summed E-state index contributed by atoms with van der Waals surface area (Å²) in [4.78, 5) is 17.7. The zero-order valence-electron chi connectivity index (χ0n) is 9.59. The zero-order valence-corrected chi connectivity index (χ0v) is 9.59. The molecule has 1 aliphatic rings. The minimum atomic E-state index is -2.57. The molecule has 0 radical (unpaired) electrons. The monoisotopic (exact) mass is 257 g/mol. The highest BCUT2D eigenvalue weighted by Gasteiger charge is 2.20. The van der Waals surface area contributed by atoms with Crippen LogP contribution in [-0.4, -0.2) is 47.3 Å². The van der Waals surface area contributed by atoms with Gasteiger partial charge in [0.05, 0.1) is 11.9 Å². The van der Waals surface area contributed by atoms with Gasteiger partial charge in [0, 0.05) is 26.2 Å². The van der Waals surface area contributed by atoms with E-state index in [4.69, 9.17) is 5.11 Å². The highest BCUT2D eigenvalue weighted by molar-refractivity contribution is 5.65. The summed E-state index contributed by atoms with van der Waals surface area (Å²) in [6.45, 7) is 1.90. The summed E-state index contributed by atoms with van der Waals surface area (Å²) in [6, 6.07) is 2.88. The van der Waals surface area contributed by atoms with E-state index in [2.05, 4.69) is 4.98 Å². The van der Waals surface area contributed by atoms with Gasteiger partial charge in [-0.15, -0.1) is 0 Å². The number of anilines is 1. The topological polar surface area (TPSA) is 56.7 Å². The first kappa shape index (κ1) is 12.5. The molecule has 2 rings (SSSR count). The summed E-state index contributed by atoms with van der Waals surface area (Å²) in [5.41, 5.74) is 0.493. The Morgan fingerprint density at radius 1 is 1.28 bits per heavy atom. The summed E-state index contributed by atoms with van der Waals surface area (Å²) in [7, 11) is 0. The summed E-state index contributed by atoms with van der Waals surface area (Å²) < 4.78 is 24.7. The maximum absolute atomic E-state index is 12.3. The molecule has 0 atom stereocenters. The average Bonchev–Trinajstić information content (AvgIpc) is 2.39. The molecule has 1 aliphatic heterocycles. The molecule has 1 aromatic heterocycles. The van der Waals surface area contributed by atoms with Crippen LogP contribution < -0.4 is 4.90 Å². The summed E-state index contributed by atoms with van der Waals surface area (Å²) in [5, 5.41) is 8.80. The van der Waals surface area contributed by atoms with Crippen molar-refractivity contribution >= 4 is 11.8 Å². The predicted octanol–water partition coefficient (Wildman–Crippen LogP) is 1.82. The Bertz CT molecular complexity index is 417. The Labute approximate surface area is 103 Å². The minimum Gasteiger partial charge on any atom is -0.465 e. The Morgan fingerprint density at radius 2 is 1.94 bits per heavy atom. The number of aromatic nitrogens is 1. The van der Waals surface area contributed by atoms with Crippen LogP contribution in [0.25, 0.3) is 0 Å². The first-order valence-corrected chi connectivity index (χ1v) is 5.55. The molecule has 1 saturated heterocycles. The average molecular weight is 257 g/mol. The largest absolute Gasteiger partial charge is 0.465 e. The van der Waals surface area contributed by atoms with Crippen LogP contribution in [-0.2, 0) is 0 Å². The standard InChI is InChI=1S/C11H13F2N3O2/c12-10(13)9-2-1-8(7-14-9)15-3-5-16(6-4-15)11(17)18/h1-2,7,10H,3-6H2,(H,17,18). The number of piperazine rings is 1. The van der Waals surface area contributed by atoms with Crippen molar-refractivity contribution in [3.8, 4) is 0 Å². The molecule has 1 N–H and O–H groups in total. The molecule has 2 heterocycles. The third-order valence-corrected chi connectivity index (χ3v) is 2.91. The number of alkyl halides is 2. The van der Waals surface area contributed by atoms with E-state index in [0.717, 1.165) is 5.69 Å². The predicted molar refractivity (Wildman–Crippen MR) is 61.0 cm³/mol. The van der Waals surface area contributed by atoms with E-state index in [1.807, 2.05) is 4.90 Å².